The van der Waals surface area contributed by atoms with Crippen LogP contribution in [0.2, 0.25) is 0 Å². The minimum Gasteiger partial charge on any atom is -0.462 e. The lowest BCUT2D eigenvalue weighted by atomic mass is 9.97. The second kappa shape index (κ2) is 13.6. The van der Waals surface area contributed by atoms with Gasteiger partial charge in [0.25, 0.3) is 0 Å². The smallest absolute Gasteiger partial charge is 0.410 e. The molecule has 6 rings (SSSR count). The molecule has 0 N–H and O–H groups in total. The van der Waals surface area contributed by atoms with Crippen molar-refractivity contribution in [2.75, 3.05) is 62.7 Å². The fourth-order valence-electron chi connectivity index (χ4n) is 6.57. The highest BCUT2D eigenvalue weighted by Gasteiger charge is 2.33. The molecule has 3 aliphatic heterocycles. The number of carbonyl (C=O) groups is 2. The molecule has 11 nitrogen and oxygen atoms in total. The fourth-order valence-corrected chi connectivity index (χ4v) is 6.57. The Morgan fingerprint density at radius 1 is 0.959 bits per heavy atom. The number of ether oxygens (including phenoxy) is 3. The Bertz CT molecular complexity index is 1700. The summed E-state index contributed by atoms with van der Waals surface area (Å²) in [5.74, 6) is 1.02. The van der Waals surface area contributed by atoms with Crippen LogP contribution >= 0.6 is 0 Å². The quantitative estimate of drug-likeness (QED) is 0.242. The van der Waals surface area contributed by atoms with E-state index in [-0.39, 0.29) is 30.7 Å². The Morgan fingerprint density at radius 3 is 2.37 bits per heavy atom. The summed E-state index contributed by atoms with van der Waals surface area (Å²) in [6.07, 6.45) is -0.0858. The van der Waals surface area contributed by atoms with E-state index in [9.17, 15) is 14.0 Å². The number of amides is 1. The van der Waals surface area contributed by atoms with Gasteiger partial charge >= 0.3 is 18.1 Å². The van der Waals surface area contributed by atoms with Gasteiger partial charge in [0.15, 0.2) is 0 Å². The SMILES string of the molecule is CN1C[C@H](F)C[C@H]1COc1nc2c(c(N3CCN(C(=O)OC(C)(C)C)CC3)n1)CCN(c1cc(OC(=O)C(C)(C)C)cc3ccccc13)C2. The zero-order valence-electron chi connectivity index (χ0n) is 29.8. The average molecular weight is 677 g/mol. The second-order valence-electron chi connectivity index (χ2n) is 15.4. The number of piperazine rings is 1. The number of fused-ring (bicyclic) bond motifs is 2. The molecule has 49 heavy (non-hydrogen) atoms. The number of benzene rings is 2. The Labute approximate surface area is 288 Å². The van der Waals surface area contributed by atoms with Gasteiger partial charge in [-0.3, -0.25) is 9.69 Å². The number of nitrogens with zero attached hydrogens (tertiary/aromatic N) is 6. The van der Waals surface area contributed by atoms with E-state index >= 15 is 0 Å². The van der Waals surface area contributed by atoms with Gasteiger partial charge in [0.1, 0.15) is 29.9 Å². The molecule has 3 aromatic rings. The van der Waals surface area contributed by atoms with Crippen molar-refractivity contribution in [1.82, 2.24) is 19.8 Å². The normalized spacial score (nSPS) is 20.4. The average Bonchev–Trinajstić information content (AvgIpc) is 3.37. The molecular formula is C37H49FN6O5. The van der Waals surface area contributed by atoms with Gasteiger partial charge in [-0.15, -0.1) is 0 Å². The number of rotatable bonds is 6. The van der Waals surface area contributed by atoms with Crippen molar-refractivity contribution in [2.24, 2.45) is 5.41 Å². The molecule has 2 saturated heterocycles. The molecule has 4 heterocycles. The first-order valence-corrected chi connectivity index (χ1v) is 17.2. The summed E-state index contributed by atoms with van der Waals surface area (Å²) in [5, 5.41) is 2.03. The number of alkyl halides is 1. The zero-order chi connectivity index (χ0) is 35.1. The first-order chi connectivity index (χ1) is 23.1. The number of hydrogen-bond donors (Lipinski definition) is 0. The number of anilines is 2. The van der Waals surface area contributed by atoms with Crippen LogP contribution in [0.5, 0.6) is 11.8 Å². The zero-order valence-corrected chi connectivity index (χ0v) is 29.8. The van der Waals surface area contributed by atoms with Crippen LogP contribution in [0.4, 0.5) is 20.7 Å². The molecule has 0 bridgehead atoms. The van der Waals surface area contributed by atoms with Gasteiger partial charge in [-0.2, -0.15) is 9.97 Å². The molecule has 2 fully saturated rings. The van der Waals surface area contributed by atoms with Crippen LogP contribution in [-0.2, 0) is 22.5 Å². The maximum atomic E-state index is 14.1. The third-order valence-electron chi connectivity index (χ3n) is 9.27. The van der Waals surface area contributed by atoms with Crippen molar-refractivity contribution in [3.05, 3.63) is 47.7 Å². The summed E-state index contributed by atoms with van der Waals surface area (Å²) < 4.78 is 31.8. The van der Waals surface area contributed by atoms with E-state index in [1.165, 1.54) is 0 Å². The van der Waals surface area contributed by atoms with Gasteiger partial charge in [0, 0.05) is 68.0 Å². The van der Waals surface area contributed by atoms with Gasteiger partial charge in [-0.1, -0.05) is 24.3 Å². The predicted octanol–water partition coefficient (Wildman–Crippen LogP) is 5.62. The highest BCUT2D eigenvalue weighted by Crippen LogP contribution is 2.37. The number of hydrogen-bond acceptors (Lipinski definition) is 10. The number of likely N-dealkylation sites (tertiary alicyclic amines) is 1. The van der Waals surface area contributed by atoms with Crippen molar-refractivity contribution < 1.29 is 28.2 Å². The molecule has 0 saturated carbocycles. The number of aromatic nitrogens is 2. The Kier molecular flexibility index (Phi) is 9.63. The summed E-state index contributed by atoms with van der Waals surface area (Å²) >= 11 is 0. The number of likely N-dealkylation sites (N-methyl/N-ethyl adjacent to an activating group) is 1. The molecule has 1 amide bonds. The monoisotopic (exact) mass is 676 g/mol. The van der Waals surface area contributed by atoms with Gasteiger partial charge in [0.05, 0.1) is 17.7 Å². The molecular weight excluding hydrogens is 627 g/mol. The maximum Gasteiger partial charge on any atom is 0.410 e. The van der Waals surface area contributed by atoms with Crippen molar-refractivity contribution >= 4 is 34.3 Å². The van der Waals surface area contributed by atoms with E-state index in [1.807, 2.05) is 83.8 Å². The molecule has 2 atom stereocenters. The van der Waals surface area contributed by atoms with Gasteiger partial charge in [-0.25, -0.2) is 9.18 Å². The Balaban J connectivity index is 1.29. The van der Waals surface area contributed by atoms with Crippen LogP contribution in [0.15, 0.2) is 36.4 Å². The standard InChI is InChI=1S/C37H49FN6O5/c1-36(2,3)33(45)48-27-18-24-10-8-9-11-28(24)31(20-27)44-13-12-29-30(22-44)39-34(47-23-26-19-25(38)21-41(26)7)40-32(29)42-14-16-43(17-15-42)35(46)49-37(4,5)6/h8-11,18,20,25-26H,12-17,19,21-23H2,1-7H3/t25-,26+/m1/s1. The lowest BCUT2D eigenvalue weighted by molar-refractivity contribution is -0.142. The predicted molar refractivity (Wildman–Crippen MR) is 187 cm³/mol. The van der Waals surface area contributed by atoms with Crippen LogP contribution < -0.4 is 19.3 Å². The highest BCUT2D eigenvalue weighted by molar-refractivity contribution is 5.96. The van der Waals surface area contributed by atoms with Gasteiger partial charge in [0.2, 0.25) is 0 Å². The van der Waals surface area contributed by atoms with Crippen LogP contribution in [0.25, 0.3) is 10.8 Å². The van der Waals surface area contributed by atoms with Crippen molar-refractivity contribution in [2.45, 2.75) is 78.7 Å². The van der Waals surface area contributed by atoms with Gasteiger partial charge < -0.3 is 28.9 Å². The van der Waals surface area contributed by atoms with Crippen LogP contribution in [0.1, 0.15) is 59.2 Å². The molecule has 0 radical (unpaired) electrons. The molecule has 0 spiro atoms. The Morgan fingerprint density at radius 2 is 1.69 bits per heavy atom. The number of esters is 1. The first-order valence-electron chi connectivity index (χ1n) is 17.2. The first kappa shape index (κ1) is 34.7. The van der Waals surface area contributed by atoms with Crippen molar-refractivity contribution in [1.29, 1.82) is 0 Å². The lowest BCUT2D eigenvalue weighted by Gasteiger charge is -2.38. The van der Waals surface area contributed by atoms with E-state index in [2.05, 4.69) is 15.9 Å². The van der Waals surface area contributed by atoms with E-state index in [1.54, 1.807) is 4.90 Å². The van der Waals surface area contributed by atoms with Crippen molar-refractivity contribution in [3.63, 3.8) is 0 Å². The summed E-state index contributed by atoms with van der Waals surface area (Å²) in [7, 11) is 1.91. The second-order valence-corrected chi connectivity index (χ2v) is 15.4. The molecule has 2 aromatic carbocycles. The van der Waals surface area contributed by atoms with Crippen LogP contribution in [0, 0.1) is 5.41 Å². The topological polar surface area (TPSA) is 101 Å². The molecule has 0 aliphatic carbocycles. The summed E-state index contributed by atoms with van der Waals surface area (Å²) in [4.78, 5) is 43.7. The van der Waals surface area contributed by atoms with Crippen LogP contribution in [-0.4, -0.2) is 103 Å². The van der Waals surface area contributed by atoms with Gasteiger partial charge in [-0.05, 0) is 72.9 Å². The van der Waals surface area contributed by atoms with Crippen LogP contribution in [0.3, 0.4) is 0 Å². The molecule has 3 aliphatic rings. The molecule has 0 unspecified atom stereocenters. The third-order valence-corrected chi connectivity index (χ3v) is 9.27. The number of carbonyl (C=O) groups excluding carboxylic acids is 2. The minimum absolute atomic E-state index is 0.0585. The highest BCUT2D eigenvalue weighted by atomic mass is 19.1. The molecule has 264 valence electrons. The largest absolute Gasteiger partial charge is 0.462 e. The fraction of sp³-hybridized carbons (Fsp3) is 0.568. The summed E-state index contributed by atoms with van der Waals surface area (Å²) in [5.41, 5.74) is 1.65. The van der Waals surface area contributed by atoms with E-state index in [0.29, 0.717) is 64.4 Å². The van der Waals surface area contributed by atoms with E-state index < -0.39 is 17.2 Å². The lowest BCUT2D eigenvalue weighted by Crippen LogP contribution is -2.50. The Hall–Kier alpha value is -4.19. The molecule has 1 aromatic heterocycles. The van der Waals surface area contributed by atoms with E-state index in [4.69, 9.17) is 24.2 Å². The van der Waals surface area contributed by atoms with E-state index in [0.717, 1.165) is 33.5 Å². The summed E-state index contributed by atoms with van der Waals surface area (Å²) in [6.45, 7) is 15.2. The summed E-state index contributed by atoms with van der Waals surface area (Å²) in [6, 6.07) is 12.1. The minimum atomic E-state index is -0.873. The molecule has 12 heteroatoms. The van der Waals surface area contributed by atoms with Crippen molar-refractivity contribution in [3.8, 4) is 11.8 Å². The third kappa shape index (κ3) is 8.01. The number of halogens is 1. The maximum absolute atomic E-state index is 14.1.